The van der Waals surface area contributed by atoms with Gasteiger partial charge in [-0.05, 0) is 50.1 Å². The van der Waals surface area contributed by atoms with Crippen molar-refractivity contribution in [1.82, 2.24) is 20.4 Å². The summed E-state index contributed by atoms with van der Waals surface area (Å²) in [5.74, 6) is 0.783. The van der Waals surface area contributed by atoms with Crippen LogP contribution in [0.15, 0.2) is 53.1 Å². The molecule has 10 heteroatoms. The first-order valence-corrected chi connectivity index (χ1v) is 12.5. The van der Waals surface area contributed by atoms with Crippen molar-refractivity contribution in [3.05, 3.63) is 60.0 Å². The number of nitrogens with one attached hydrogen (secondary N) is 1. The SMILES string of the molecule is CCN1C(=O)CN(C)c2ccc(-c3noc(C4CCN(C(=O)CNC(=O)c5ccccc5)CC4)n3)cc21. The van der Waals surface area contributed by atoms with Crippen molar-refractivity contribution >= 4 is 29.1 Å². The van der Waals surface area contributed by atoms with Gasteiger partial charge in [0.15, 0.2) is 0 Å². The summed E-state index contributed by atoms with van der Waals surface area (Å²) < 4.78 is 5.61. The molecule has 5 rings (SSSR count). The van der Waals surface area contributed by atoms with E-state index in [0.29, 0.717) is 56.3 Å². The number of piperidine rings is 1. The van der Waals surface area contributed by atoms with Crippen LogP contribution >= 0.6 is 0 Å². The second-order valence-electron chi connectivity index (χ2n) is 9.36. The highest BCUT2D eigenvalue weighted by atomic mass is 16.5. The number of benzene rings is 2. The molecule has 10 nitrogen and oxygen atoms in total. The second-order valence-corrected chi connectivity index (χ2v) is 9.36. The summed E-state index contributed by atoms with van der Waals surface area (Å²) in [6.07, 6.45) is 1.40. The molecule has 2 aliphatic rings. The van der Waals surface area contributed by atoms with Crippen LogP contribution in [0.2, 0.25) is 0 Å². The fraction of sp³-hybridized carbons (Fsp3) is 0.370. The standard InChI is InChI=1S/C27H30N6O4/c1-3-33-22-15-20(9-10-21(22)31(2)17-24(33)35)25-29-27(37-30-25)19-11-13-32(14-12-19)23(34)16-28-26(36)18-7-5-4-6-8-18/h4-10,15,19H,3,11-14,16-17H2,1-2H3,(H,28,36). The highest BCUT2D eigenvalue weighted by molar-refractivity contribution is 6.03. The summed E-state index contributed by atoms with van der Waals surface area (Å²) in [6, 6.07) is 14.7. The number of hydrogen-bond acceptors (Lipinski definition) is 7. The number of carbonyl (C=O) groups excluding carboxylic acids is 3. The Hall–Kier alpha value is -4.21. The molecule has 2 aliphatic heterocycles. The maximum atomic E-state index is 12.6. The lowest BCUT2D eigenvalue weighted by Gasteiger charge is -2.34. The molecule has 1 fully saturated rings. The van der Waals surface area contributed by atoms with E-state index in [-0.39, 0.29) is 30.2 Å². The summed E-state index contributed by atoms with van der Waals surface area (Å²) in [4.78, 5) is 47.4. The van der Waals surface area contributed by atoms with E-state index >= 15 is 0 Å². The molecule has 0 radical (unpaired) electrons. The molecule has 192 valence electrons. The Morgan fingerprint density at radius 1 is 1.08 bits per heavy atom. The van der Waals surface area contributed by atoms with Gasteiger partial charge in [0.2, 0.25) is 23.5 Å². The van der Waals surface area contributed by atoms with Gasteiger partial charge in [-0.3, -0.25) is 14.4 Å². The summed E-state index contributed by atoms with van der Waals surface area (Å²) in [6.45, 7) is 3.98. The van der Waals surface area contributed by atoms with Gasteiger partial charge in [0, 0.05) is 43.7 Å². The van der Waals surface area contributed by atoms with Crippen molar-refractivity contribution in [2.75, 3.05) is 49.6 Å². The van der Waals surface area contributed by atoms with Gasteiger partial charge in [0.1, 0.15) is 0 Å². The quantitative estimate of drug-likeness (QED) is 0.552. The van der Waals surface area contributed by atoms with Crippen LogP contribution in [-0.2, 0) is 9.59 Å². The van der Waals surface area contributed by atoms with Crippen LogP contribution in [-0.4, -0.2) is 72.5 Å². The molecule has 0 atom stereocenters. The number of aromatic nitrogens is 2. The number of likely N-dealkylation sites (N-methyl/N-ethyl adjacent to an activating group) is 2. The normalized spacial score (nSPS) is 16.1. The van der Waals surface area contributed by atoms with E-state index in [9.17, 15) is 14.4 Å². The topological polar surface area (TPSA) is 112 Å². The molecule has 1 N–H and O–H groups in total. The van der Waals surface area contributed by atoms with Crippen molar-refractivity contribution in [1.29, 1.82) is 0 Å². The van der Waals surface area contributed by atoms with Crippen LogP contribution in [0.4, 0.5) is 11.4 Å². The molecule has 0 bridgehead atoms. The highest BCUT2D eigenvalue weighted by Crippen LogP contribution is 2.36. The van der Waals surface area contributed by atoms with Gasteiger partial charge in [-0.1, -0.05) is 23.4 Å². The number of anilines is 2. The second kappa shape index (κ2) is 10.4. The van der Waals surface area contributed by atoms with E-state index in [0.717, 1.165) is 16.9 Å². The zero-order valence-electron chi connectivity index (χ0n) is 21.0. The Morgan fingerprint density at radius 2 is 1.84 bits per heavy atom. The molecule has 3 amide bonds. The minimum Gasteiger partial charge on any atom is -0.364 e. The lowest BCUT2D eigenvalue weighted by atomic mass is 9.96. The van der Waals surface area contributed by atoms with E-state index in [2.05, 4.69) is 15.5 Å². The van der Waals surface area contributed by atoms with E-state index in [4.69, 9.17) is 4.52 Å². The first kappa shape index (κ1) is 24.5. The number of likely N-dealkylation sites (tertiary alicyclic amines) is 1. The average Bonchev–Trinajstić information content (AvgIpc) is 3.42. The maximum absolute atomic E-state index is 12.6. The Balaban J connectivity index is 1.19. The Labute approximate surface area is 215 Å². The molecule has 1 aromatic heterocycles. The minimum atomic E-state index is -0.262. The van der Waals surface area contributed by atoms with E-state index in [1.165, 1.54) is 0 Å². The Morgan fingerprint density at radius 3 is 2.57 bits per heavy atom. The third kappa shape index (κ3) is 5.04. The number of rotatable bonds is 6. The lowest BCUT2D eigenvalue weighted by Crippen LogP contribution is -2.44. The molecule has 0 spiro atoms. The van der Waals surface area contributed by atoms with Gasteiger partial charge in [0.05, 0.1) is 24.5 Å². The number of hydrogen-bond donors (Lipinski definition) is 1. The molecule has 3 heterocycles. The van der Waals surface area contributed by atoms with Crippen LogP contribution in [0.1, 0.15) is 41.9 Å². The molecule has 2 aromatic carbocycles. The van der Waals surface area contributed by atoms with Crippen molar-refractivity contribution in [3.8, 4) is 11.4 Å². The fourth-order valence-electron chi connectivity index (χ4n) is 4.91. The first-order valence-electron chi connectivity index (χ1n) is 12.5. The van der Waals surface area contributed by atoms with Crippen LogP contribution in [0.25, 0.3) is 11.4 Å². The summed E-state index contributed by atoms with van der Waals surface area (Å²) in [7, 11) is 1.91. The molecular formula is C27H30N6O4. The Kier molecular flexibility index (Phi) is 6.89. The number of fused-ring (bicyclic) bond motifs is 1. The lowest BCUT2D eigenvalue weighted by molar-refractivity contribution is -0.131. The largest absolute Gasteiger partial charge is 0.364 e. The third-order valence-corrected chi connectivity index (χ3v) is 7.00. The molecule has 0 aliphatic carbocycles. The zero-order valence-corrected chi connectivity index (χ0v) is 21.0. The summed E-state index contributed by atoms with van der Waals surface area (Å²) in [5, 5.41) is 6.90. The van der Waals surface area contributed by atoms with Crippen molar-refractivity contribution in [3.63, 3.8) is 0 Å². The predicted octanol–water partition coefficient (Wildman–Crippen LogP) is 2.68. The van der Waals surface area contributed by atoms with Crippen molar-refractivity contribution in [2.24, 2.45) is 0 Å². The van der Waals surface area contributed by atoms with Gasteiger partial charge in [-0.2, -0.15) is 4.98 Å². The van der Waals surface area contributed by atoms with Gasteiger partial charge in [-0.25, -0.2) is 0 Å². The molecular weight excluding hydrogens is 472 g/mol. The minimum absolute atomic E-state index is 0.0338. The van der Waals surface area contributed by atoms with Crippen LogP contribution < -0.4 is 15.1 Å². The number of carbonyl (C=O) groups is 3. The smallest absolute Gasteiger partial charge is 0.251 e. The third-order valence-electron chi connectivity index (χ3n) is 7.00. The maximum Gasteiger partial charge on any atom is 0.251 e. The zero-order chi connectivity index (χ0) is 25.9. The van der Waals surface area contributed by atoms with Crippen molar-refractivity contribution < 1.29 is 18.9 Å². The molecule has 0 unspecified atom stereocenters. The molecule has 0 saturated carbocycles. The molecule has 37 heavy (non-hydrogen) atoms. The first-order chi connectivity index (χ1) is 17.9. The van der Waals surface area contributed by atoms with Crippen LogP contribution in [0.5, 0.6) is 0 Å². The average molecular weight is 503 g/mol. The van der Waals surface area contributed by atoms with Gasteiger partial charge < -0.3 is 24.5 Å². The predicted molar refractivity (Wildman–Crippen MR) is 138 cm³/mol. The van der Waals surface area contributed by atoms with E-state index < -0.39 is 0 Å². The Bertz CT molecular complexity index is 1300. The molecule has 1 saturated heterocycles. The monoisotopic (exact) mass is 502 g/mol. The van der Waals surface area contributed by atoms with Gasteiger partial charge >= 0.3 is 0 Å². The van der Waals surface area contributed by atoms with Gasteiger partial charge in [-0.15, -0.1) is 0 Å². The number of nitrogens with zero attached hydrogens (tertiary/aromatic N) is 5. The van der Waals surface area contributed by atoms with E-state index in [1.54, 1.807) is 34.1 Å². The summed E-state index contributed by atoms with van der Waals surface area (Å²) >= 11 is 0. The summed E-state index contributed by atoms with van der Waals surface area (Å²) in [5.41, 5.74) is 3.15. The number of amides is 3. The fourth-order valence-corrected chi connectivity index (χ4v) is 4.91. The van der Waals surface area contributed by atoms with Crippen molar-refractivity contribution in [2.45, 2.75) is 25.7 Å². The van der Waals surface area contributed by atoms with E-state index in [1.807, 2.05) is 43.1 Å². The highest BCUT2D eigenvalue weighted by Gasteiger charge is 2.29. The van der Waals surface area contributed by atoms with Crippen LogP contribution in [0, 0.1) is 0 Å². The van der Waals surface area contributed by atoms with Crippen LogP contribution in [0.3, 0.4) is 0 Å². The van der Waals surface area contributed by atoms with Gasteiger partial charge in [0.25, 0.3) is 5.91 Å². The molecule has 3 aromatic rings.